The van der Waals surface area contributed by atoms with Gasteiger partial charge < -0.3 is 9.84 Å². The van der Waals surface area contributed by atoms with E-state index in [1.807, 2.05) is 0 Å². The molecule has 22 heavy (non-hydrogen) atoms. The van der Waals surface area contributed by atoms with Gasteiger partial charge in [-0.2, -0.15) is 4.98 Å². The van der Waals surface area contributed by atoms with Crippen molar-refractivity contribution in [1.82, 2.24) is 20.4 Å². The van der Waals surface area contributed by atoms with Gasteiger partial charge in [0.15, 0.2) is 0 Å². The van der Waals surface area contributed by atoms with E-state index in [1.54, 1.807) is 12.1 Å². The second-order valence-electron chi connectivity index (χ2n) is 5.41. The third-order valence-electron chi connectivity index (χ3n) is 3.89. The molecule has 3 rings (SSSR count). The minimum Gasteiger partial charge on any atom is -0.338 e. The summed E-state index contributed by atoms with van der Waals surface area (Å²) >= 11 is 0. The van der Waals surface area contributed by atoms with Crippen molar-refractivity contribution in [1.29, 1.82) is 0 Å². The third-order valence-corrected chi connectivity index (χ3v) is 3.89. The first-order valence-corrected chi connectivity index (χ1v) is 7.22. The highest BCUT2D eigenvalue weighted by Crippen LogP contribution is 2.18. The standard InChI is InChI=1S/C15H19FN4O.ClH/c1-20(13-6-8-17-9-7-13)10-14-18-15(19-21-14)11-2-4-12(16)5-3-11;/h2-5,13,17H,6-10H2,1H3;1H. The normalized spacial score (nSPS) is 15.8. The number of nitrogens with one attached hydrogen (secondary N) is 1. The number of benzene rings is 1. The number of hydrogen-bond acceptors (Lipinski definition) is 5. The van der Waals surface area contributed by atoms with E-state index in [1.165, 1.54) is 12.1 Å². The minimum absolute atomic E-state index is 0. The van der Waals surface area contributed by atoms with E-state index in [4.69, 9.17) is 4.52 Å². The Balaban J connectivity index is 0.00000176. The summed E-state index contributed by atoms with van der Waals surface area (Å²) in [6.07, 6.45) is 2.27. The quantitative estimate of drug-likeness (QED) is 0.935. The van der Waals surface area contributed by atoms with E-state index in [0.717, 1.165) is 31.5 Å². The van der Waals surface area contributed by atoms with Crippen LogP contribution in [0, 0.1) is 5.82 Å². The summed E-state index contributed by atoms with van der Waals surface area (Å²) < 4.78 is 18.2. The van der Waals surface area contributed by atoms with Gasteiger partial charge in [-0.3, -0.25) is 4.90 Å². The van der Waals surface area contributed by atoms with Crippen molar-refractivity contribution in [3.05, 3.63) is 36.0 Å². The van der Waals surface area contributed by atoms with Gasteiger partial charge in [0.25, 0.3) is 0 Å². The maximum Gasteiger partial charge on any atom is 0.241 e. The van der Waals surface area contributed by atoms with Crippen LogP contribution in [0.15, 0.2) is 28.8 Å². The average molecular weight is 327 g/mol. The van der Waals surface area contributed by atoms with Crippen molar-refractivity contribution in [3.8, 4) is 11.4 Å². The summed E-state index contributed by atoms with van der Waals surface area (Å²) in [5.74, 6) is 0.826. The van der Waals surface area contributed by atoms with Gasteiger partial charge in [0.05, 0.1) is 6.54 Å². The van der Waals surface area contributed by atoms with Crippen LogP contribution in [0.1, 0.15) is 18.7 Å². The maximum absolute atomic E-state index is 12.9. The molecule has 2 heterocycles. The Morgan fingerprint density at radius 2 is 1.95 bits per heavy atom. The molecule has 0 bridgehead atoms. The predicted molar refractivity (Wildman–Crippen MR) is 84.3 cm³/mol. The summed E-state index contributed by atoms with van der Waals surface area (Å²) in [4.78, 5) is 6.64. The molecule has 1 N–H and O–H groups in total. The van der Waals surface area contributed by atoms with Crippen LogP contribution in [0.4, 0.5) is 4.39 Å². The lowest BCUT2D eigenvalue weighted by molar-refractivity contribution is 0.171. The van der Waals surface area contributed by atoms with Crippen molar-refractivity contribution in [2.45, 2.75) is 25.4 Å². The van der Waals surface area contributed by atoms with Crippen LogP contribution in [-0.4, -0.2) is 41.2 Å². The van der Waals surface area contributed by atoms with E-state index in [2.05, 4.69) is 27.4 Å². The third kappa shape index (κ3) is 4.03. The molecule has 0 aliphatic carbocycles. The van der Waals surface area contributed by atoms with E-state index in [9.17, 15) is 4.39 Å². The Hall–Kier alpha value is -1.50. The molecule has 0 amide bonds. The highest BCUT2D eigenvalue weighted by atomic mass is 35.5. The number of aromatic nitrogens is 2. The summed E-state index contributed by atoms with van der Waals surface area (Å²) in [5, 5.41) is 7.32. The first kappa shape index (κ1) is 16.9. The monoisotopic (exact) mass is 326 g/mol. The molecular formula is C15H20ClFN4O. The second-order valence-corrected chi connectivity index (χ2v) is 5.41. The zero-order valence-electron chi connectivity index (χ0n) is 12.5. The molecule has 1 aliphatic heterocycles. The molecule has 0 saturated carbocycles. The van der Waals surface area contributed by atoms with Crippen LogP contribution in [0.2, 0.25) is 0 Å². The Bertz CT molecular complexity index is 583. The van der Waals surface area contributed by atoms with E-state index in [-0.39, 0.29) is 18.2 Å². The smallest absolute Gasteiger partial charge is 0.241 e. The molecule has 0 spiro atoms. The van der Waals surface area contributed by atoms with Crippen molar-refractivity contribution in [3.63, 3.8) is 0 Å². The van der Waals surface area contributed by atoms with Gasteiger partial charge in [0.2, 0.25) is 11.7 Å². The molecule has 120 valence electrons. The summed E-state index contributed by atoms with van der Waals surface area (Å²) in [5.41, 5.74) is 0.760. The summed E-state index contributed by atoms with van der Waals surface area (Å²) in [6, 6.07) is 6.65. The van der Waals surface area contributed by atoms with Crippen LogP contribution >= 0.6 is 12.4 Å². The first-order chi connectivity index (χ1) is 10.2. The molecule has 0 radical (unpaired) electrons. The predicted octanol–water partition coefficient (Wildman–Crippen LogP) is 2.48. The van der Waals surface area contributed by atoms with Gasteiger partial charge in [0.1, 0.15) is 5.82 Å². The minimum atomic E-state index is -0.270. The van der Waals surface area contributed by atoms with Gasteiger partial charge in [-0.1, -0.05) is 5.16 Å². The lowest BCUT2D eigenvalue weighted by Crippen LogP contribution is -2.40. The van der Waals surface area contributed by atoms with E-state index >= 15 is 0 Å². The number of halogens is 2. The topological polar surface area (TPSA) is 54.2 Å². The van der Waals surface area contributed by atoms with Crippen LogP contribution in [0.5, 0.6) is 0 Å². The van der Waals surface area contributed by atoms with Crippen molar-refractivity contribution in [2.24, 2.45) is 0 Å². The number of hydrogen-bond donors (Lipinski definition) is 1. The highest BCUT2D eigenvalue weighted by molar-refractivity contribution is 5.85. The second kappa shape index (κ2) is 7.67. The fraction of sp³-hybridized carbons (Fsp3) is 0.467. The molecule has 1 aromatic heterocycles. The number of nitrogens with zero attached hydrogens (tertiary/aromatic N) is 3. The van der Waals surface area contributed by atoms with Gasteiger partial charge >= 0.3 is 0 Å². The number of piperidine rings is 1. The van der Waals surface area contributed by atoms with E-state index < -0.39 is 0 Å². The SMILES string of the molecule is CN(Cc1nc(-c2ccc(F)cc2)no1)C1CCNCC1.Cl. The molecule has 1 saturated heterocycles. The van der Waals surface area contributed by atoms with Crippen LogP contribution < -0.4 is 5.32 Å². The van der Waals surface area contributed by atoms with Crippen molar-refractivity contribution >= 4 is 12.4 Å². The Labute approximate surface area is 135 Å². The summed E-state index contributed by atoms with van der Waals surface area (Å²) in [7, 11) is 2.08. The molecule has 2 aromatic rings. The van der Waals surface area contributed by atoms with E-state index in [0.29, 0.717) is 24.3 Å². The Kier molecular flexibility index (Phi) is 5.88. The fourth-order valence-corrected chi connectivity index (χ4v) is 2.63. The van der Waals surface area contributed by atoms with Crippen molar-refractivity contribution in [2.75, 3.05) is 20.1 Å². The number of rotatable bonds is 4. The fourth-order valence-electron chi connectivity index (χ4n) is 2.63. The Morgan fingerprint density at radius 1 is 1.27 bits per heavy atom. The molecule has 7 heteroatoms. The zero-order valence-corrected chi connectivity index (χ0v) is 13.3. The Morgan fingerprint density at radius 3 is 2.64 bits per heavy atom. The summed E-state index contributed by atoms with van der Waals surface area (Å²) in [6.45, 7) is 2.75. The molecule has 1 aliphatic rings. The molecular weight excluding hydrogens is 307 g/mol. The van der Waals surface area contributed by atoms with Crippen LogP contribution in [-0.2, 0) is 6.54 Å². The maximum atomic E-state index is 12.9. The molecule has 1 aromatic carbocycles. The average Bonchev–Trinajstić information content (AvgIpc) is 2.97. The lowest BCUT2D eigenvalue weighted by Gasteiger charge is -2.30. The van der Waals surface area contributed by atoms with Crippen LogP contribution in [0.25, 0.3) is 11.4 Å². The lowest BCUT2D eigenvalue weighted by atomic mass is 10.1. The largest absolute Gasteiger partial charge is 0.338 e. The highest BCUT2D eigenvalue weighted by Gasteiger charge is 2.20. The molecule has 0 unspecified atom stereocenters. The van der Waals surface area contributed by atoms with Gasteiger partial charge in [-0.25, -0.2) is 4.39 Å². The van der Waals surface area contributed by atoms with Gasteiger partial charge in [-0.05, 0) is 57.2 Å². The molecule has 0 atom stereocenters. The van der Waals surface area contributed by atoms with Gasteiger partial charge in [-0.15, -0.1) is 12.4 Å². The molecule has 5 nitrogen and oxygen atoms in total. The first-order valence-electron chi connectivity index (χ1n) is 7.22. The van der Waals surface area contributed by atoms with Gasteiger partial charge in [0, 0.05) is 11.6 Å². The van der Waals surface area contributed by atoms with Crippen LogP contribution in [0.3, 0.4) is 0 Å². The van der Waals surface area contributed by atoms with Crippen molar-refractivity contribution < 1.29 is 8.91 Å². The zero-order chi connectivity index (χ0) is 14.7. The molecule has 1 fully saturated rings.